The molecule has 2 aliphatic carbocycles. The second-order valence-electron chi connectivity index (χ2n) is 4.65. The first-order valence-corrected chi connectivity index (χ1v) is 5.29. The van der Waals surface area contributed by atoms with Crippen LogP contribution in [0.5, 0.6) is 0 Å². The Labute approximate surface area is 82.7 Å². The summed E-state index contributed by atoms with van der Waals surface area (Å²) in [5, 5.41) is 11.7. The highest BCUT2D eigenvalue weighted by Gasteiger charge is 2.47. The van der Waals surface area contributed by atoms with Crippen molar-refractivity contribution in [2.75, 3.05) is 0 Å². The molecule has 0 aliphatic heterocycles. The summed E-state index contributed by atoms with van der Waals surface area (Å²) in [5.74, 6) is 2.73. The lowest BCUT2D eigenvalue weighted by molar-refractivity contribution is 0.396. The van der Waals surface area contributed by atoms with Crippen LogP contribution < -0.4 is 5.73 Å². The maximum Gasteiger partial charge on any atom is 0.167 e. The van der Waals surface area contributed by atoms with Crippen molar-refractivity contribution in [3.63, 3.8) is 0 Å². The van der Waals surface area contributed by atoms with Crippen LogP contribution in [0.15, 0.2) is 0 Å². The molecule has 5 nitrogen and oxygen atoms in total. The molecule has 2 saturated carbocycles. The second kappa shape index (κ2) is 2.76. The minimum atomic E-state index is -0.0677. The first-order valence-electron chi connectivity index (χ1n) is 5.29. The molecule has 2 N–H and O–H groups in total. The molecule has 0 radical (unpaired) electrons. The van der Waals surface area contributed by atoms with Crippen molar-refractivity contribution in [1.82, 2.24) is 20.2 Å². The molecule has 0 amide bonds. The fraction of sp³-hybridized carbons (Fsp3) is 0.889. The van der Waals surface area contributed by atoms with Crippen molar-refractivity contribution in [1.29, 1.82) is 0 Å². The Hall–Kier alpha value is -0.970. The molecule has 1 heterocycles. The van der Waals surface area contributed by atoms with Crippen LogP contribution in [0.25, 0.3) is 0 Å². The van der Waals surface area contributed by atoms with Crippen LogP contribution in [-0.4, -0.2) is 20.2 Å². The zero-order chi connectivity index (χ0) is 9.71. The van der Waals surface area contributed by atoms with Gasteiger partial charge in [0, 0.05) is 0 Å². The second-order valence-corrected chi connectivity index (χ2v) is 4.65. The number of nitrogens with zero attached hydrogens (tertiary/aromatic N) is 4. The van der Waals surface area contributed by atoms with Crippen LogP contribution in [-0.2, 0) is 0 Å². The molecule has 3 atom stereocenters. The summed E-state index contributed by atoms with van der Waals surface area (Å²) in [5.41, 5.74) is 5.81. The normalized spacial score (nSPS) is 36.9. The molecule has 0 bridgehead atoms. The summed E-state index contributed by atoms with van der Waals surface area (Å²) in [7, 11) is 0. The van der Waals surface area contributed by atoms with E-state index in [1.165, 1.54) is 19.3 Å². The highest BCUT2D eigenvalue weighted by atomic mass is 15.6. The average molecular weight is 193 g/mol. The minimum absolute atomic E-state index is 0.0677. The van der Waals surface area contributed by atoms with Crippen LogP contribution in [0.3, 0.4) is 0 Å². The van der Waals surface area contributed by atoms with Gasteiger partial charge < -0.3 is 5.73 Å². The highest BCUT2D eigenvalue weighted by molar-refractivity contribution is 5.00. The lowest BCUT2D eigenvalue weighted by Crippen LogP contribution is -2.18. The molecule has 3 unspecified atom stereocenters. The lowest BCUT2D eigenvalue weighted by atomic mass is 10.1. The van der Waals surface area contributed by atoms with Gasteiger partial charge in [-0.3, -0.25) is 0 Å². The van der Waals surface area contributed by atoms with E-state index < -0.39 is 0 Å². The van der Waals surface area contributed by atoms with Gasteiger partial charge in [0.05, 0.1) is 12.1 Å². The molecule has 0 aromatic carbocycles. The number of hydrogen-bond acceptors (Lipinski definition) is 4. The number of tetrazole rings is 1. The summed E-state index contributed by atoms with van der Waals surface area (Å²) >= 11 is 0. The molecule has 3 rings (SSSR count). The van der Waals surface area contributed by atoms with Crippen molar-refractivity contribution in [2.45, 2.75) is 38.3 Å². The lowest BCUT2D eigenvalue weighted by Gasteiger charge is -2.14. The molecule has 76 valence electrons. The first kappa shape index (κ1) is 8.35. The summed E-state index contributed by atoms with van der Waals surface area (Å²) in [6.07, 6.45) is 3.91. The number of hydrogen-bond donors (Lipinski definition) is 1. The molecule has 0 spiro atoms. The van der Waals surface area contributed by atoms with Gasteiger partial charge in [-0.25, -0.2) is 4.68 Å². The van der Waals surface area contributed by atoms with E-state index in [-0.39, 0.29) is 6.04 Å². The molecule has 1 aromatic heterocycles. The van der Waals surface area contributed by atoms with E-state index in [1.54, 1.807) is 0 Å². The molecule has 0 saturated heterocycles. The van der Waals surface area contributed by atoms with Gasteiger partial charge in [-0.1, -0.05) is 0 Å². The fourth-order valence-corrected chi connectivity index (χ4v) is 2.64. The van der Waals surface area contributed by atoms with Gasteiger partial charge in [0.1, 0.15) is 0 Å². The molecular formula is C9H15N5. The smallest absolute Gasteiger partial charge is 0.167 e. The van der Waals surface area contributed by atoms with E-state index in [9.17, 15) is 0 Å². The Morgan fingerprint density at radius 3 is 2.71 bits per heavy atom. The topological polar surface area (TPSA) is 69.6 Å². The van der Waals surface area contributed by atoms with E-state index in [0.717, 1.165) is 17.7 Å². The predicted octanol–water partition coefficient (Wildman–Crippen LogP) is 0.664. The van der Waals surface area contributed by atoms with Gasteiger partial charge in [0.15, 0.2) is 5.82 Å². The monoisotopic (exact) mass is 193 g/mol. The Balaban J connectivity index is 1.85. The van der Waals surface area contributed by atoms with Crippen LogP contribution >= 0.6 is 0 Å². The Bertz CT molecular complexity index is 335. The van der Waals surface area contributed by atoms with Gasteiger partial charge in [0.25, 0.3) is 0 Å². The van der Waals surface area contributed by atoms with Crippen LogP contribution in [0.2, 0.25) is 0 Å². The third kappa shape index (κ3) is 1.15. The highest BCUT2D eigenvalue weighted by Crippen LogP contribution is 2.55. The van der Waals surface area contributed by atoms with Gasteiger partial charge in [-0.2, -0.15) is 0 Å². The Kier molecular flexibility index (Phi) is 1.65. The summed E-state index contributed by atoms with van der Waals surface area (Å²) < 4.78 is 1.94. The van der Waals surface area contributed by atoms with E-state index in [2.05, 4.69) is 15.5 Å². The Morgan fingerprint density at radius 1 is 1.36 bits per heavy atom. The average Bonchev–Trinajstić information content (AvgIpc) is 2.69. The van der Waals surface area contributed by atoms with Gasteiger partial charge >= 0.3 is 0 Å². The molecular weight excluding hydrogens is 178 g/mol. The van der Waals surface area contributed by atoms with Crippen molar-refractivity contribution in [3.05, 3.63) is 5.82 Å². The van der Waals surface area contributed by atoms with Crippen molar-refractivity contribution < 1.29 is 0 Å². The first-order chi connectivity index (χ1) is 6.75. The van der Waals surface area contributed by atoms with E-state index in [0.29, 0.717) is 6.04 Å². The third-order valence-electron chi connectivity index (χ3n) is 3.49. The summed E-state index contributed by atoms with van der Waals surface area (Å²) in [6.45, 7) is 1.93. The summed E-state index contributed by atoms with van der Waals surface area (Å²) in [6, 6.07) is 0.441. The summed E-state index contributed by atoms with van der Waals surface area (Å²) in [4.78, 5) is 0. The molecule has 14 heavy (non-hydrogen) atoms. The van der Waals surface area contributed by atoms with Crippen LogP contribution in [0.1, 0.15) is 44.1 Å². The van der Waals surface area contributed by atoms with Crippen LogP contribution in [0.4, 0.5) is 0 Å². The third-order valence-corrected chi connectivity index (χ3v) is 3.49. The van der Waals surface area contributed by atoms with Gasteiger partial charge in [-0.05, 0) is 48.4 Å². The number of rotatable bonds is 2. The zero-order valence-electron chi connectivity index (χ0n) is 8.30. The molecule has 1 aromatic rings. The van der Waals surface area contributed by atoms with Crippen molar-refractivity contribution >= 4 is 0 Å². The standard InChI is InChI=1S/C9H15N5/c1-5(10)9-11-12-13-14(9)8-3-6-2-7(6)4-8/h5-8H,2-4,10H2,1H3. The van der Waals surface area contributed by atoms with E-state index in [4.69, 9.17) is 5.73 Å². The van der Waals surface area contributed by atoms with E-state index >= 15 is 0 Å². The largest absolute Gasteiger partial charge is 0.322 e. The number of nitrogens with two attached hydrogens (primary N) is 1. The predicted molar refractivity (Wildman–Crippen MR) is 50.3 cm³/mol. The number of fused-ring (bicyclic) bond motifs is 1. The quantitative estimate of drug-likeness (QED) is 0.749. The fourth-order valence-electron chi connectivity index (χ4n) is 2.64. The van der Waals surface area contributed by atoms with Crippen molar-refractivity contribution in [2.24, 2.45) is 17.6 Å². The maximum absolute atomic E-state index is 5.81. The number of aromatic nitrogens is 4. The zero-order valence-corrected chi connectivity index (χ0v) is 8.30. The van der Waals surface area contributed by atoms with Gasteiger partial charge in [-0.15, -0.1) is 5.10 Å². The minimum Gasteiger partial charge on any atom is -0.322 e. The molecule has 5 heteroatoms. The molecule has 2 aliphatic rings. The maximum atomic E-state index is 5.81. The SMILES string of the molecule is CC(N)c1nnnn1C1CC2CC2C1. The van der Waals surface area contributed by atoms with E-state index in [1.807, 2.05) is 11.6 Å². The Morgan fingerprint density at radius 2 is 2.07 bits per heavy atom. The van der Waals surface area contributed by atoms with Gasteiger partial charge in [0.2, 0.25) is 0 Å². The molecule has 2 fully saturated rings. The van der Waals surface area contributed by atoms with Crippen molar-refractivity contribution in [3.8, 4) is 0 Å². The van der Waals surface area contributed by atoms with Crippen LogP contribution in [0, 0.1) is 11.8 Å².